The zero-order valence-corrected chi connectivity index (χ0v) is 7.86. The van der Waals surface area contributed by atoms with E-state index in [-0.39, 0.29) is 11.5 Å². The molecular formula is C5H10N2O3S2. The van der Waals surface area contributed by atoms with Crippen LogP contribution in [0.1, 0.15) is 0 Å². The second kappa shape index (κ2) is 6.15. The second-order valence-electron chi connectivity index (χ2n) is 1.96. The van der Waals surface area contributed by atoms with Gasteiger partial charge in [-0.2, -0.15) is 0 Å². The molecule has 0 bridgehead atoms. The third-order valence-corrected chi connectivity index (χ3v) is 3.18. The van der Waals surface area contributed by atoms with Gasteiger partial charge in [-0.25, -0.2) is 0 Å². The van der Waals surface area contributed by atoms with E-state index in [0.29, 0.717) is 0 Å². The molecule has 12 heavy (non-hydrogen) atoms. The molecule has 0 aliphatic carbocycles. The maximum Gasteiger partial charge on any atom is 0.321 e. The van der Waals surface area contributed by atoms with Gasteiger partial charge >= 0.3 is 5.97 Å². The molecule has 0 unspecified atom stereocenters. The number of carbonyl (C=O) groups is 2. The zero-order chi connectivity index (χ0) is 9.56. The lowest BCUT2D eigenvalue weighted by Crippen LogP contribution is -2.32. The standard InChI is InChI=1S/C5H10N2O3S2/c6-3(5(9)10)1-11-12-2-4(7)8/h3H,1-2,6H2,(H2,7,8)(H,9,10)/t3-/m0/s1. The molecule has 0 aromatic carbocycles. The average Bonchev–Trinajstić information content (AvgIpc) is 1.97. The van der Waals surface area contributed by atoms with Crippen LogP contribution in [0.3, 0.4) is 0 Å². The molecule has 0 aliphatic rings. The molecule has 0 aromatic rings. The molecule has 0 heterocycles. The minimum Gasteiger partial charge on any atom is -0.480 e. The van der Waals surface area contributed by atoms with Crippen molar-refractivity contribution in [2.24, 2.45) is 11.5 Å². The highest BCUT2D eigenvalue weighted by Crippen LogP contribution is 2.20. The van der Waals surface area contributed by atoms with E-state index in [1.807, 2.05) is 0 Å². The van der Waals surface area contributed by atoms with Crippen LogP contribution in [0.4, 0.5) is 0 Å². The summed E-state index contributed by atoms with van der Waals surface area (Å²) in [7, 11) is 2.43. The Hall–Kier alpha value is -0.400. The van der Waals surface area contributed by atoms with Crippen LogP contribution in [0.15, 0.2) is 0 Å². The molecule has 0 aliphatic heterocycles. The fourth-order valence-electron chi connectivity index (χ4n) is 0.292. The Morgan fingerprint density at radius 1 is 1.42 bits per heavy atom. The van der Waals surface area contributed by atoms with Crippen LogP contribution in [-0.4, -0.2) is 34.5 Å². The molecule has 0 rings (SSSR count). The lowest BCUT2D eigenvalue weighted by Gasteiger charge is -2.03. The van der Waals surface area contributed by atoms with Crippen molar-refractivity contribution in [3.8, 4) is 0 Å². The minimum absolute atomic E-state index is 0.178. The first-order chi connectivity index (χ1) is 5.54. The summed E-state index contributed by atoms with van der Waals surface area (Å²) in [6.45, 7) is 0. The molecule has 5 nitrogen and oxygen atoms in total. The predicted octanol–water partition coefficient (Wildman–Crippen LogP) is -0.735. The van der Waals surface area contributed by atoms with E-state index in [4.69, 9.17) is 16.6 Å². The van der Waals surface area contributed by atoms with Crippen LogP contribution in [0, 0.1) is 0 Å². The molecule has 0 spiro atoms. The molecule has 1 atom stereocenters. The highest BCUT2D eigenvalue weighted by Gasteiger charge is 2.10. The normalized spacial score (nSPS) is 12.4. The lowest BCUT2D eigenvalue weighted by molar-refractivity contribution is -0.137. The fourth-order valence-corrected chi connectivity index (χ4v) is 2.20. The number of carbonyl (C=O) groups excluding carboxylic acids is 1. The summed E-state index contributed by atoms with van der Waals surface area (Å²) < 4.78 is 0. The molecule has 0 aromatic heterocycles. The predicted molar refractivity (Wildman–Crippen MR) is 49.7 cm³/mol. The van der Waals surface area contributed by atoms with Crippen LogP contribution in [-0.2, 0) is 9.59 Å². The highest BCUT2D eigenvalue weighted by atomic mass is 33.1. The monoisotopic (exact) mass is 210 g/mol. The molecule has 0 saturated heterocycles. The van der Waals surface area contributed by atoms with Gasteiger partial charge in [0.15, 0.2) is 0 Å². The maximum atomic E-state index is 10.2. The van der Waals surface area contributed by atoms with Gasteiger partial charge in [0.2, 0.25) is 5.91 Å². The quantitative estimate of drug-likeness (QED) is 0.394. The van der Waals surface area contributed by atoms with Crippen LogP contribution in [0.25, 0.3) is 0 Å². The number of hydrogen-bond donors (Lipinski definition) is 3. The SMILES string of the molecule is NC(=O)CSSC[C@H](N)C(=O)O. The summed E-state index contributed by atoms with van der Waals surface area (Å²) in [5.74, 6) is -1.01. The van der Waals surface area contributed by atoms with Gasteiger partial charge in [-0.05, 0) is 0 Å². The van der Waals surface area contributed by atoms with Crippen molar-refractivity contribution < 1.29 is 14.7 Å². The van der Waals surface area contributed by atoms with Gasteiger partial charge in [-0.15, -0.1) is 0 Å². The van der Waals surface area contributed by atoms with E-state index in [9.17, 15) is 9.59 Å². The minimum atomic E-state index is -1.04. The second-order valence-corrected chi connectivity index (χ2v) is 4.47. The molecule has 1 amide bonds. The third kappa shape index (κ3) is 6.32. The van der Waals surface area contributed by atoms with Gasteiger partial charge in [-0.1, -0.05) is 21.6 Å². The van der Waals surface area contributed by atoms with Gasteiger partial charge in [0, 0.05) is 5.75 Å². The number of primary amides is 1. The highest BCUT2D eigenvalue weighted by molar-refractivity contribution is 8.76. The van der Waals surface area contributed by atoms with Crippen LogP contribution in [0.5, 0.6) is 0 Å². The third-order valence-electron chi connectivity index (χ3n) is 0.849. The Morgan fingerprint density at radius 2 is 2.00 bits per heavy atom. The van der Waals surface area contributed by atoms with E-state index >= 15 is 0 Å². The summed E-state index contributed by atoms with van der Waals surface area (Å²) in [6, 6.07) is -0.879. The van der Waals surface area contributed by atoms with Crippen molar-refractivity contribution in [1.29, 1.82) is 0 Å². The number of hydrogen-bond acceptors (Lipinski definition) is 5. The number of rotatable bonds is 6. The largest absolute Gasteiger partial charge is 0.480 e. The number of aliphatic carboxylic acids is 1. The lowest BCUT2D eigenvalue weighted by atomic mass is 10.4. The number of amides is 1. The summed E-state index contributed by atoms with van der Waals surface area (Å²) in [6.07, 6.45) is 0. The molecular weight excluding hydrogens is 200 g/mol. The molecule has 5 N–H and O–H groups in total. The van der Waals surface area contributed by atoms with Crippen molar-refractivity contribution >= 4 is 33.5 Å². The van der Waals surface area contributed by atoms with Crippen molar-refractivity contribution in [3.63, 3.8) is 0 Å². The van der Waals surface area contributed by atoms with Crippen LogP contribution >= 0.6 is 21.6 Å². The number of carboxylic acids is 1. The van der Waals surface area contributed by atoms with E-state index in [1.165, 1.54) is 21.6 Å². The number of nitrogens with two attached hydrogens (primary N) is 2. The van der Waals surface area contributed by atoms with Gasteiger partial charge in [0.05, 0.1) is 5.75 Å². The Balaban J connectivity index is 3.31. The Bertz CT molecular complexity index is 176. The summed E-state index contributed by atoms with van der Waals surface area (Å²) in [5, 5.41) is 8.35. The summed E-state index contributed by atoms with van der Waals surface area (Å²) in [4.78, 5) is 20.4. The topological polar surface area (TPSA) is 106 Å². The molecule has 0 radical (unpaired) electrons. The van der Waals surface area contributed by atoms with Crippen molar-refractivity contribution in [2.45, 2.75) is 6.04 Å². The first kappa shape index (κ1) is 11.6. The molecule has 7 heteroatoms. The zero-order valence-electron chi connectivity index (χ0n) is 6.23. The fraction of sp³-hybridized carbons (Fsp3) is 0.600. The van der Waals surface area contributed by atoms with Gasteiger partial charge < -0.3 is 16.6 Å². The first-order valence-corrected chi connectivity index (χ1v) is 5.54. The van der Waals surface area contributed by atoms with Crippen molar-refractivity contribution in [2.75, 3.05) is 11.5 Å². The Labute approximate surface area is 77.6 Å². The summed E-state index contributed by atoms with van der Waals surface area (Å²) >= 11 is 0. The van der Waals surface area contributed by atoms with Crippen LogP contribution < -0.4 is 11.5 Å². The van der Waals surface area contributed by atoms with Crippen molar-refractivity contribution in [3.05, 3.63) is 0 Å². The van der Waals surface area contributed by atoms with Crippen molar-refractivity contribution in [1.82, 2.24) is 0 Å². The smallest absolute Gasteiger partial charge is 0.321 e. The molecule has 70 valence electrons. The Morgan fingerprint density at radius 3 is 2.42 bits per heavy atom. The maximum absolute atomic E-state index is 10.2. The van der Waals surface area contributed by atoms with Gasteiger partial charge in [-0.3, -0.25) is 9.59 Å². The van der Waals surface area contributed by atoms with Gasteiger partial charge in [0.1, 0.15) is 6.04 Å². The van der Waals surface area contributed by atoms with Gasteiger partial charge in [0.25, 0.3) is 0 Å². The molecule has 0 saturated carbocycles. The van der Waals surface area contributed by atoms with E-state index in [0.717, 1.165) is 0 Å². The van der Waals surface area contributed by atoms with Crippen LogP contribution in [0.2, 0.25) is 0 Å². The Kier molecular flexibility index (Phi) is 5.95. The molecule has 0 fully saturated rings. The average molecular weight is 210 g/mol. The summed E-state index contributed by atoms with van der Waals surface area (Å²) in [5.41, 5.74) is 10.0. The number of carboxylic acid groups (broad SMARTS) is 1. The van der Waals surface area contributed by atoms with E-state index in [1.54, 1.807) is 0 Å². The van der Waals surface area contributed by atoms with E-state index < -0.39 is 17.9 Å². The van der Waals surface area contributed by atoms with E-state index in [2.05, 4.69) is 0 Å². The first-order valence-electron chi connectivity index (χ1n) is 3.05.